The predicted molar refractivity (Wildman–Crippen MR) is 106 cm³/mol. The Balaban J connectivity index is 1.47. The lowest BCUT2D eigenvalue weighted by Gasteiger charge is -2.13. The fourth-order valence-corrected chi connectivity index (χ4v) is 2.82. The maximum Gasteiger partial charge on any atom is 0.334 e. The first kappa shape index (κ1) is 20.2. The van der Waals surface area contributed by atoms with E-state index in [-0.39, 0.29) is 25.0 Å². The molecule has 2 atom stereocenters. The van der Waals surface area contributed by atoms with Gasteiger partial charge in [0.15, 0.2) is 0 Å². The van der Waals surface area contributed by atoms with E-state index in [1.54, 1.807) is 31.2 Å². The Morgan fingerprint density at radius 1 is 1.14 bits per heavy atom. The standard InChI is InChI=1S/C23H22O6/c1-4-22(24)28-16(3)17-5-9-19(10-6-17)26-14-27-20-11-7-18(8-12-20)21-13-15(2)23(25)29-21/h4-12,16,21H,1-2,13-14H2,3H3. The predicted octanol–water partition coefficient (Wildman–Crippen LogP) is 4.44. The van der Waals surface area contributed by atoms with Crippen molar-refractivity contribution in [3.8, 4) is 11.5 Å². The molecule has 2 aromatic rings. The SMILES string of the molecule is C=CC(=O)OC(C)c1ccc(OCOc2ccc(C3CC(=C)C(=O)O3)cc2)cc1. The Kier molecular flexibility index (Phi) is 6.34. The monoisotopic (exact) mass is 394 g/mol. The van der Waals surface area contributed by atoms with Crippen molar-refractivity contribution in [2.45, 2.75) is 25.6 Å². The van der Waals surface area contributed by atoms with Crippen LogP contribution in [0.2, 0.25) is 0 Å². The molecule has 0 N–H and O–H groups in total. The zero-order valence-electron chi connectivity index (χ0n) is 16.1. The number of hydrogen-bond acceptors (Lipinski definition) is 6. The van der Waals surface area contributed by atoms with Crippen LogP contribution in [0.25, 0.3) is 0 Å². The van der Waals surface area contributed by atoms with E-state index in [0.29, 0.717) is 23.5 Å². The van der Waals surface area contributed by atoms with Crippen LogP contribution in [0, 0.1) is 0 Å². The van der Waals surface area contributed by atoms with Gasteiger partial charge in [0.25, 0.3) is 0 Å². The van der Waals surface area contributed by atoms with Gasteiger partial charge >= 0.3 is 11.9 Å². The third kappa shape index (κ3) is 5.25. The first-order valence-electron chi connectivity index (χ1n) is 9.13. The Morgan fingerprint density at radius 2 is 1.72 bits per heavy atom. The van der Waals surface area contributed by atoms with Crippen molar-refractivity contribution < 1.29 is 28.5 Å². The van der Waals surface area contributed by atoms with Crippen molar-refractivity contribution in [3.63, 3.8) is 0 Å². The summed E-state index contributed by atoms with van der Waals surface area (Å²) in [7, 11) is 0. The lowest BCUT2D eigenvalue weighted by atomic mass is 10.1. The molecule has 0 radical (unpaired) electrons. The molecule has 0 aromatic heterocycles. The summed E-state index contributed by atoms with van der Waals surface area (Å²) in [5, 5.41) is 0. The van der Waals surface area contributed by atoms with Crippen LogP contribution in [0.1, 0.15) is 36.7 Å². The molecular formula is C23H22O6. The summed E-state index contributed by atoms with van der Waals surface area (Å²) in [4.78, 5) is 22.7. The van der Waals surface area contributed by atoms with Gasteiger partial charge in [-0.1, -0.05) is 37.4 Å². The summed E-state index contributed by atoms with van der Waals surface area (Å²) in [6.07, 6.45) is 0.978. The van der Waals surface area contributed by atoms with Crippen LogP contribution in [0.15, 0.2) is 73.3 Å². The Hall–Kier alpha value is -3.54. The number of benzene rings is 2. The average molecular weight is 394 g/mol. The number of hydrogen-bond donors (Lipinski definition) is 0. The first-order valence-corrected chi connectivity index (χ1v) is 9.13. The van der Waals surface area contributed by atoms with Crippen molar-refractivity contribution in [1.82, 2.24) is 0 Å². The van der Waals surface area contributed by atoms with Crippen molar-refractivity contribution in [3.05, 3.63) is 84.5 Å². The molecule has 2 aromatic carbocycles. The summed E-state index contributed by atoms with van der Waals surface area (Å²) < 4.78 is 21.6. The second-order valence-corrected chi connectivity index (χ2v) is 6.53. The van der Waals surface area contributed by atoms with Crippen LogP contribution in [-0.2, 0) is 19.1 Å². The number of carbonyl (C=O) groups excluding carboxylic acids is 2. The van der Waals surface area contributed by atoms with E-state index in [1.165, 1.54) is 0 Å². The molecule has 0 spiro atoms. The molecule has 0 amide bonds. The summed E-state index contributed by atoms with van der Waals surface area (Å²) in [5.74, 6) is 0.457. The molecule has 2 unspecified atom stereocenters. The number of cyclic esters (lactones) is 1. The molecule has 29 heavy (non-hydrogen) atoms. The maximum atomic E-state index is 11.4. The summed E-state index contributed by atoms with van der Waals surface area (Å²) in [5.41, 5.74) is 2.23. The number of ether oxygens (including phenoxy) is 4. The highest BCUT2D eigenvalue weighted by atomic mass is 16.7. The molecule has 6 heteroatoms. The third-order valence-corrected chi connectivity index (χ3v) is 4.48. The molecule has 1 aliphatic heterocycles. The molecule has 3 rings (SSSR count). The molecule has 1 saturated heterocycles. The van der Waals surface area contributed by atoms with E-state index >= 15 is 0 Å². The van der Waals surface area contributed by atoms with Gasteiger partial charge in [-0.3, -0.25) is 0 Å². The molecule has 0 bridgehead atoms. The fraction of sp³-hybridized carbons (Fsp3) is 0.217. The highest BCUT2D eigenvalue weighted by Gasteiger charge is 2.28. The molecule has 0 saturated carbocycles. The first-order chi connectivity index (χ1) is 14.0. The summed E-state index contributed by atoms with van der Waals surface area (Å²) in [6, 6.07) is 14.5. The molecular weight excluding hydrogens is 372 g/mol. The van der Waals surface area contributed by atoms with E-state index in [9.17, 15) is 9.59 Å². The summed E-state index contributed by atoms with van der Waals surface area (Å²) in [6.45, 7) is 8.89. The summed E-state index contributed by atoms with van der Waals surface area (Å²) >= 11 is 0. The fourth-order valence-electron chi connectivity index (χ4n) is 2.82. The van der Waals surface area contributed by atoms with E-state index < -0.39 is 5.97 Å². The van der Waals surface area contributed by atoms with Crippen LogP contribution in [0.3, 0.4) is 0 Å². The van der Waals surface area contributed by atoms with Crippen molar-refractivity contribution in [2.75, 3.05) is 6.79 Å². The van der Waals surface area contributed by atoms with Crippen LogP contribution in [-0.4, -0.2) is 18.7 Å². The van der Waals surface area contributed by atoms with E-state index in [0.717, 1.165) is 17.2 Å². The minimum atomic E-state index is -0.465. The Morgan fingerprint density at radius 3 is 2.24 bits per heavy atom. The Bertz CT molecular complexity index is 882. The van der Waals surface area contributed by atoms with Gasteiger partial charge in [0, 0.05) is 18.1 Å². The highest BCUT2D eigenvalue weighted by molar-refractivity contribution is 5.90. The molecule has 0 aliphatic carbocycles. The van der Waals surface area contributed by atoms with Crippen LogP contribution >= 0.6 is 0 Å². The number of rotatable bonds is 8. The smallest absolute Gasteiger partial charge is 0.334 e. The zero-order valence-corrected chi connectivity index (χ0v) is 16.1. The topological polar surface area (TPSA) is 71.1 Å². The van der Waals surface area contributed by atoms with Gasteiger partial charge in [-0.2, -0.15) is 0 Å². The molecule has 1 fully saturated rings. The van der Waals surface area contributed by atoms with Gasteiger partial charge in [0.1, 0.15) is 23.7 Å². The zero-order chi connectivity index (χ0) is 20.8. The second-order valence-electron chi connectivity index (χ2n) is 6.53. The average Bonchev–Trinajstić information content (AvgIpc) is 3.07. The number of carbonyl (C=O) groups is 2. The normalized spacial score (nSPS) is 16.7. The van der Waals surface area contributed by atoms with Gasteiger partial charge in [-0.25, -0.2) is 9.59 Å². The minimum absolute atomic E-state index is 0.0366. The van der Waals surface area contributed by atoms with Gasteiger partial charge in [-0.15, -0.1) is 0 Å². The van der Waals surface area contributed by atoms with E-state index in [2.05, 4.69) is 13.2 Å². The van der Waals surface area contributed by atoms with E-state index in [1.807, 2.05) is 24.3 Å². The van der Waals surface area contributed by atoms with E-state index in [4.69, 9.17) is 18.9 Å². The Labute approximate surface area is 169 Å². The second kappa shape index (κ2) is 9.10. The molecule has 1 heterocycles. The lowest BCUT2D eigenvalue weighted by Crippen LogP contribution is -2.07. The van der Waals surface area contributed by atoms with Crippen LogP contribution in [0.4, 0.5) is 0 Å². The van der Waals surface area contributed by atoms with Gasteiger partial charge in [0.05, 0.1) is 0 Å². The van der Waals surface area contributed by atoms with Crippen molar-refractivity contribution >= 4 is 11.9 Å². The minimum Gasteiger partial charge on any atom is -0.458 e. The highest BCUT2D eigenvalue weighted by Crippen LogP contribution is 2.32. The van der Waals surface area contributed by atoms with Gasteiger partial charge in [0.2, 0.25) is 6.79 Å². The largest absolute Gasteiger partial charge is 0.458 e. The van der Waals surface area contributed by atoms with Gasteiger partial charge < -0.3 is 18.9 Å². The van der Waals surface area contributed by atoms with Gasteiger partial charge in [-0.05, 0) is 42.3 Å². The lowest BCUT2D eigenvalue weighted by molar-refractivity contribution is -0.142. The molecule has 1 aliphatic rings. The molecule has 6 nitrogen and oxygen atoms in total. The maximum absolute atomic E-state index is 11.4. The van der Waals surface area contributed by atoms with Crippen LogP contribution in [0.5, 0.6) is 11.5 Å². The van der Waals surface area contributed by atoms with Crippen molar-refractivity contribution in [1.29, 1.82) is 0 Å². The van der Waals surface area contributed by atoms with Crippen LogP contribution < -0.4 is 9.47 Å². The van der Waals surface area contributed by atoms with Crippen molar-refractivity contribution in [2.24, 2.45) is 0 Å². The third-order valence-electron chi connectivity index (χ3n) is 4.48. The number of esters is 2. The quantitative estimate of drug-likeness (QED) is 0.375. The molecule has 150 valence electrons.